The first-order valence-corrected chi connectivity index (χ1v) is 8.19. The lowest BCUT2D eigenvalue weighted by atomic mass is 9.88. The molecule has 0 unspecified atom stereocenters. The molecule has 0 bridgehead atoms. The van der Waals surface area contributed by atoms with Crippen molar-refractivity contribution in [3.63, 3.8) is 0 Å². The molecule has 3 heteroatoms. The highest BCUT2D eigenvalue weighted by atomic mass is 16.5. The monoisotopic (exact) mass is 298 g/mol. The Bertz CT molecular complexity index is 633. The summed E-state index contributed by atoms with van der Waals surface area (Å²) in [6.45, 7) is 7.37. The molecule has 0 aliphatic carbocycles. The average molecular weight is 298 g/mol. The quantitative estimate of drug-likeness (QED) is 0.856. The van der Waals surface area contributed by atoms with Crippen LogP contribution in [0.1, 0.15) is 32.3 Å². The molecule has 1 aliphatic rings. The molecule has 0 spiro atoms. The lowest BCUT2D eigenvalue weighted by Gasteiger charge is -2.37. The zero-order valence-electron chi connectivity index (χ0n) is 13.9. The summed E-state index contributed by atoms with van der Waals surface area (Å²) in [5.41, 5.74) is 2.47. The van der Waals surface area contributed by atoms with Crippen molar-refractivity contribution < 1.29 is 4.74 Å². The summed E-state index contributed by atoms with van der Waals surface area (Å²) in [5, 5.41) is 1.22. The Balaban J connectivity index is 1.67. The minimum atomic E-state index is 0.0325. The molecule has 0 radical (unpaired) electrons. The van der Waals surface area contributed by atoms with Gasteiger partial charge in [0.1, 0.15) is 0 Å². The van der Waals surface area contributed by atoms with Crippen molar-refractivity contribution in [1.29, 1.82) is 0 Å². The summed E-state index contributed by atoms with van der Waals surface area (Å²) < 4.78 is 5.82. The van der Waals surface area contributed by atoms with Crippen LogP contribution in [0.3, 0.4) is 0 Å². The molecule has 1 aliphatic heterocycles. The highest BCUT2D eigenvalue weighted by Gasteiger charge is 2.29. The fraction of sp³-hybridized carbons (Fsp3) is 0.526. The third kappa shape index (κ3) is 3.65. The number of para-hydroxylation sites is 1. The summed E-state index contributed by atoms with van der Waals surface area (Å²) in [7, 11) is 2.21. The zero-order valence-corrected chi connectivity index (χ0v) is 13.9. The number of nitrogens with zero attached hydrogens (tertiary/aromatic N) is 2. The van der Waals surface area contributed by atoms with Crippen LogP contribution in [0.2, 0.25) is 0 Å². The van der Waals surface area contributed by atoms with E-state index in [9.17, 15) is 0 Å². The molecule has 0 N–H and O–H groups in total. The fourth-order valence-electron chi connectivity index (χ4n) is 3.61. The van der Waals surface area contributed by atoms with Gasteiger partial charge in [0.2, 0.25) is 0 Å². The highest BCUT2D eigenvalue weighted by Crippen LogP contribution is 2.29. The molecule has 3 rings (SSSR count). The molecule has 1 aromatic heterocycles. The minimum Gasteiger partial charge on any atom is -0.376 e. The van der Waals surface area contributed by atoms with Crippen molar-refractivity contribution in [2.45, 2.75) is 38.8 Å². The van der Waals surface area contributed by atoms with Crippen molar-refractivity contribution in [1.82, 2.24) is 9.88 Å². The topological polar surface area (TPSA) is 25.4 Å². The predicted octanol–water partition coefficient (Wildman–Crippen LogP) is 3.87. The standard InChI is InChI=1S/C19H26N2O/c1-19(2)12-15(9-11-22-19)13-21(3)14-17-7-4-6-16-8-5-10-20-18(16)17/h4-8,10,15H,9,11-14H2,1-3H3/t15-/m0/s1. The number of aromatic nitrogens is 1. The van der Waals surface area contributed by atoms with E-state index in [1.54, 1.807) is 0 Å². The Morgan fingerprint density at radius 3 is 2.91 bits per heavy atom. The highest BCUT2D eigenvalue weighted by molar-refractivity contribution is 5.81. The fourth-order valence-corrected chi connectivity index (χ4v) is 3.61. The van der Waals surface area contributed by atoms with E-state index >= 15 is 0 Å². The zero-order chi connectivity index (χ0) is 15.6. The summed E-state index contributed by atoms with van der Waals surface area (Å²) in [4.78, 5) is 6.98. The van der Waals surface area contributed by atoms with Crippen LogP contribution in [0.25, 0.3) is 10.9 Å². The number of rotatable bonds is 4. The Morgan fingerprint density at radius 1 is 1.27 bits per heavy atom. The number of benzene rings is 1. The molecule has 2 aromatic rings. The number of pyridine rings is 1. The molecule has 1 fully saturated rings. The number of ether oxygens (including phenoxy) is 1. The Morgan fingerprint density at radius 2 is 2.09 bits per heavy atom. The first-order valence-electron chi connectivity index (χ1n) is 8.19. The van der Waals surface area contributed by atoms with Crippen LogP contribution in [0.5, 0.6) is 0 Å². The SMILES string of the molecule is CN(Cc1cccc2cccnc12)C[C@H]1CCOC(C)(C)C1. The number of hydrogen-bond acceptors (Lipinski definition) is 3. The Labute approximate surface area is 133 Å². The van der Waals surface area contributed by atoms with Gasteiger partial charge in [0.15, 0.2) is 0 Å². The van der Waals surface area contributed by atoms with Gasteiger partial charge in [-0.25, -0.2) is 0 Å². The predicted molar refractivity (Wildman–Crippen MR) is 90.8 cm³/mol. The van der Waals surface area contributed by atoms with Gasteiger partial charge in [-0.05, 0) is 51.3 Å². The van der Waals surface area contributed by atoms with Gasteiger partial charge in [0.05, 0.1) is 11.1 Å². The maximum atomic E-state index is 5.82. The Hall–Kier alpha value is -1.45. The molecular formula is C19H26N2O. The van der Waals surface area contributed by atoms with Crippen molar-refractivity contribution in [2.75, 3.05) is 20.2 Å². The molecule has 2 heterocycles. The largest absolute Gasteiger partial charge is 0.376 e. The van der Waals surface area contributed by atoms with Gasteiger partial charge in [-0.15, -0.1) is 0 Å². The van der Waals surface area contributed by atoms with Crippen LogP contribution in [0, 0.1) is 5.92 Å². The van der Waals surface area contributed by atoms with Gasteiger partial charge in [0.25, 0.3) is 0 Å². The summed E-state index contributed by atoms with van der Waals surface area (Å²) >= 11 is 0. The van der Waals surface area contributed by atoms with Gasteiger partial charge in [-0.1, -0.05) is 24.3 Å². The van der Waals surface area contributed by atoms with Crippen LogP contribution in [0.4, 0.5) is 0 Å². The smallest absolute Gasteiger partial charge is 0.0746 e. The minimum absolute atomic E-state index is 0.0325. The van der Waals surface area contributed by atoms with Crippen molar-refractivity contribution in [3.8, 4) is 0 Å². The molecule has 1 atom stereocenters. The van der Waals surface area contributed by atoms with E-state index in [0.717, 1.165) is 37.6 Å². The van der Waals surface area contributed by atoms with Crippen LogP contribution in [-0.4, -0.2) is 35.7 Å². The number of fused-ring (bicyclic) bond motifs is 1. The summed E-state index contributed by atoms with van der Waals surface area (Å²) in [5.74, 6) is 0.719. The van der Waals surface area contributed by atoms with Gasteiger partial charge in [-0.3, -0.25) is 4.98 Å². The molecule has 118 valence electrons. The van der Waals surface area contributed by atoms with Gasteiger partial charge < -0.3 is 9.64 Å². The molecule has 0 amide bonds. The molecular weight excluding hydrogens is 272 g/mol. The normalized spacial score (nSPS) is 21.4. The van der Waals surface area contributed by atoms with E-state index in [4.69, 9.17) is 4.74 Å². The van der Waals surface area contributed by atoms with Crippen molar-refractivity contribution >= 4 is 10.9 Å². The third-order valence-corrected chi connectivity index (χ3v) is 4.53. The third-order valence-electron chi connectivity index (χ3n) is 4.53. The van der Waals surface area contributed by atoms with E-state index in [1.807, 2.05) is 12.3 Å². The average Bonchev–Trinajstić information content (AvgIpc) is 2.46. The van der Waals surface area contributed by atoms with Crippen LogP contribution >= 0.6 is 0 Å². The molecule has 1 saturated heterocycles. The van der Waals surface area contributed by atoms with Gasteiger partial charge in [-0.2, -0.15) is 0 Å². The molecule has 22 heavy (non-hydrogen) atoms. The van der Waals surface area contributed by atoms with E-state index in [0.29, 0.717) is 0 Å². The summed E-state index contributed by atoms with van der Waals surface area (Å²) in [6.07, 6.45) is 4.19. The second kappa shape index (κ2) is 6.35. The van der Waals surface area contributed by atoms with E-state index < -0.39 is 0 Å². The van der Waals surface area contributed by atoms with E-state index in [-0.39, 0.29) is 5.60 Å². The Kier molecular flexibility index (Phi) is 4.46. The maximum absolute atomic E-state index is 5.82. The van der Waals surface area contributed by atoms with Gasteiger partial charge in [0, 0.05) is 31.3 Å². The lowest BCUT2D eigenvalue weighted by molar-refractivity contribution is -0.0761. The van der Waals surface area contributed by atoms with Crippen molar-refractivity contribution in [3.05, 3.63) is 42.1 Å². The second-order valence-corrected chi connectivity index (χ2v) is 7.16. The summed E-state index contributed by atoms with van der Waals surface area (Å²) in [6, 6.07) is 10.6. The first-order chi connectivity index (χ1) is 10.5. The van der Waals surface area contributed by atoms with Crippen molar-refractivity contribution in [2.24, 2.45) is 5.92 Å². The van der Waals surface area contributed by atoms with Crippen LogP contribution < -0.4 is 0 Å². The van der Waals surface area contributed by atoms with Crippen LogP contribution in [0.15, 0.2) is 36.5 Å². The molecule has 0 saturated carbocycles. The molecule has 3 nitrogen and oxygen atoms in total. The second-order valence-electron chi connectivity index (χ2n) is 7.16. The number of hydrogen-bond donors (Lipinski definition) is 0. The molecule has 1 aromatic carbocycles. The van der Waals surface area contributed by atoms with E-state index in [1.165, 1.54) is 17.4 Å². The van der Waals surface area contributed by atoms with Crippen LogP contribution in [-0.2, 0) is 11.3 Å². The lowest BCUT2D eigenvalue weighted by Crippen LogP contribution is -2.38. The first kappa shape index (κ1) is 15.4. The maximum Gasteiger partial charge on any atom is 0.0746 e. The van der Waals surface area contributed by atoms with Gasteiger partial charge >= 0.3 is 0 Å². The van der Waals surface area contributed by atoms with E-state index in [2.05, 4.69) is 55.0 Å².